The highest BCUT2D eigenvalue weighted by molar-refractivity contribution is 6.31. The summed E-state index contributed by atoms with van der Waals surface area (Å²) in [5.74, 6) is 0. The predicted molar refractivity (Wildman–Crippen MR) is 132 cm³/mol. The number of hydrogen-bond donors (Lipinski definition) is 1. The molecular weight excluding hydrogens is 450 g/mol. The van der Waals surface area contributed by atoms with Crippen LogP contribution in [0.1, 0.15) is 56.5 Å². The first-order valence-electron chi connectivity index (χ1n) is 11.5. The third kappa shape index (κ3) is 5.08. The lowest BCUT2D eigenvalue weighted by Gasteiger charge is -2.45. The number of aromatic nitrogens is 2. The number of carbonyl (C=O) groups is 1. The third-order valence-electron chi connectivity index (χ3n) is 6.36. The number of amides is 1. The van der Waals surface area contributed by atoms with E-state index < -0.39 is 11.2 Å². The topological polar surface area (TPSA) is 75.6 Å². The highest BCUT2D eigenvalue weighted by Gasteiger charge is 2.46. The summed E-state index contributed by atoms with van der Waals surface area (Å²) in [6, 6.07) is 19.2. The van der Waals surface area contributed by atoms with Crippen molar-refractivity contribution in [2.75, 3.05) is 6.54 Å². The molecule has 0 spiro atoms. The van der Waals surface area contributed by atoms with Gasteiger partial charge in [-0.25, -0.2) is 4.79 Å². The normalized spacial score (nSPS) is 19.6. The van der Waals surface area contributed by atoms with E-state index in [2.05, 4.69) is 10.2 Å². The summed E-state index contributed by atoms with van der Waals surface area (Å²) in [6.45, 7) is 7.81. The summed E-state index contributed by atoms with van der Waals surface area (Å²) in [6.07, 6.45) is 0.534. The second-order valence-electron chi connectivity index (χ2n) is 9.62. The first kappa shape index (κ1) is 24.2. The summed E-state index contributed by atoms with van der Waals surface area (Å²) in [5.41, 5.74) is 2.34. The molecule has 1 unspecified atom stereocenters. The first-order chi connectivity index (χ1) is 16.1. The molecule has 4 rings (SSSR count). The van der Waals surface area contributed by atoms with Gasteiger partial charge in [0.15, 0.2) is 0 Å². The Kier molecular flexibility index (Phi) is 6.65. The molecule has 34 heavy (non-hydrogen) atoms. The lowest BCUT2D eigenvalue weighted by atomic mass is 9.80. The zero-order chi connectivity index (χ0) is 24.5. The number of hydrogen-bond acceptors (Lipinski definition) is 5. The summed E-state index contributed by atoms with van der Waals surface area (Å²) < 4.78 is 6.10. The van der Waals surface area contributed by atoms with Gasteiger partial charge < -0.3 is 14.7 Å². The molecule has 178 valence electrons. The maximum atomic E-state index is 13.2. The largest absolute Gasteiger partial charge is 0.438 e. The second-order valence-corrected chi connectivity index (χ2v) is 10.0. The molecule has 2 atom stereocenters. The minimum absolute atomic E-state index is 0.176. The predicted octanol–water partition coefficient (Wildman–Crippen LogP) is 6.07. The number of halogens is 1. The van der Waals surface area contributed by atoms with Gasteiger partial charge in [0.25, 0.3) is 0 Å². The van der Waals surface area contributed by atoms with Crippen molar-refractivity contribution in [1.82, 2.24) is 15.1 Å². The molecule has 2 aromatic carbocycles. The number of carbonyl (C=O) groups excluding carboxylic acids is 1. The quantitative estimate of drug-likeness (QED) is 0.464. The number of rotatable bonds is 6. The summed E-state index contributed by atoms with van der Waals surface area (Å²) in [5, 5.41) is 19.5. The van der Waals surface area contributed by atoms with E-state index in [1.54, 1.807) is 24.8 Å². The Labute approximate surface area is 205 Å². The van der Waals surface area contributed by atoms with Crippen LogP contribution >= 0.6 is 11.6 Å². The molecule has 0 saturated carbocycles. The van der Waals surface area contributed by atoms with Gasteiger partial charge in [0.05, 0.1) is 28.1 Å². The number of aryl methyl sites for hydroxylation is 1. The van der Waals surface area contributed by atoms with Crippen LogP contribution < -0.4 is 0 Å². The monoisotopic (exact) mass is 479 g/mol. The standard InChI is InChI=1S/C27H30ClN3O3/c1-18-23(28)16-24(30-29-18)21-12-10-20(11-13-21)19(2)31-15-14-27(34-25(31)32,17-26(3,4)33)22-8-6-5-7-9-22/h5-13,16,19,33H,14-15,17H2,1-4H3/t19-,27?/m0/s1. The van der Waals surface area contributed by atoms with Crippen LogP contribution in [0.3, 0.4) is 0 Å². The van der Waals surface area contributed by atoms with Crippen molar-refractivity contribution in [3.05, 3.63) is 82.5 Å². The van der Waals surface area contributed by atoms with E-state index in [9.17, 15) is 9.90 Å². The van der Waals surface area contributed by atoms with E-state index in [0.29, 0.717) is 35.8 Å². The van der Waals surface area contributed by atoms with Gasteiger partial charge in [-0.2, -0.15) is 10.2 Å². The maximum Gasteiger partial charge on any atom is 0.411 e. The molecule has 1 saturated heterocycles. The van der Waals surface area contributed by atoms with Crippen molar-refractivity contribution in [2.45, 2.75) is 57.8 Å². The maximum absolute atomic E-state index is 13.2. The number of benzene rings is 2. The number of cyclic esters (lactones) is 1. The first-order valence-corrected chi connectivity index (χ1v) is 11.8. The minimum atomic E-state index is -0.985. The van der Waals surface area contributed by atoms with E-state index >= 15 is 0 Å². The zero-order valence-electron chi connectivity index (χ0n) is 20.0. The summed E-state index contributed by atoms with van der Waals surface area (Å²) in [4.78, 5) is 15.0. The van der Waals surface area contributed by atoms with Gasteiger partial charge in [-0.05, 0) is 44.9 Å². The Morgan fingerprint density at radius 2 is 1.82 bits per heavy atom. The van der Waals surface area contributed by atoms with Gasteiger partial charge in [-0.1, -0.05) is 66.2 Å². The number of aliphatic hydroxyl groups is 1. The smallest absolute Gasteiger partial charge is 0.411 e. The van der Waals surface area contributed by atoms with Crippen LogP contribution in [0.2, 0.25) is 5.02 Å². The molecule has 1 amide bonds. The SMILES string of the molecule is Cc1nnc(-c2ccc([C@H](C)N3CCC(CC(C)(C)O)(c4ccccc4)OC3=O)cc2)cc1Cl. The van der Waals surface area contributed by atoms with Gasteiger partial charge in [-0.15, -0.1) is 0 Å². The molecule has 0 radical (unpaired) electrons. The fourth-order valence-electron chi connectivity index (χ4n) is 4.57. The fourth-order valence-corrected chi connectivity index (χ4v) is 4.72. The number of nitrogens with zero attached hydrogens (tertiary/aromatic N) is 3. The van der Waals surface area contributed by atoms with Crippen LogP contribution in [0, 0.1) is 6.92 Å². The minimum Gasteiger partial charge on any atom is -0.438 e. The van der Waals surface area contributed by atoms with Crippen LogP contribution in [0.25, 0.3) is 11.3 Å². The average Bonchev–Trinajstić information content (AvgIpc) is 2.80. The molecule has 3 aromatic rings. The summed E-state index contributed by atoms with van der Waals surface area (Å²) >= 11 is 6.19. The average molecular weight is 480 g/mol. The van der Waals surface area contributed by atoms with Crippen LogP contribution in [0.15, 0.2) is 60.7 Å². The van der Waals surface area contributed by atoms with Gasteiger partial charge in [0.2, 0.25) is 0 Å². The van der Waals surface area contributed by atoms with Gasteiger partial charge in [0.1, 0.15) is 5.60 Å². The van der Waals surface area contributed by atoms with Crippen molar-refractivity contribution in [3.8, 4) is 11.3 Å². The lowest BCUT2D eigenvalue weighted by molar-refractivity contribution is -0.101. The van der Waals surface area contributed by atoms with Crippen molar-refractivity contribution < 1.29 is 14.6 Å². The van der Waals surface area contributed by atoms with E-state index in [0.717, 1.165) is 16.7 Å². The molecule has 1 N–H and O–H groups in total. The van der Waals surface area contributed by atoms with Crippen LogP contribution in [0.5, 0.6) is 0 Å². The van der Waals surface area contributed by atoms with Crippen LogP contribution in [0.4, 0.5) is 4.79 Å². The summed E-state index contributed by atoms with van der Waals surface area (Å²) in [7, 11) is 0. The molecule has 1 aromatic heterocycles. The molecule has 0 aliphatic carbocycles. The number of ether oxygens (including phenoxy) is 1. The molecule has 2 heterocycles. The molecule has 7 heteroatoms. The zero-order valence-corrected chi connectivity index (χ0v) is 20.7. The Balaban J connectivity index is 1.53. The highest BCUT2D eigenvalue weighted by atomic mass is 35.5. The second kappa shape index (κ2) is 9.35. The van der Waals surface area contributed by atoms with Crippen LogP contribution in [-0.2, 0) is 10.3 Å². The Morgan fingerprint density at radius 1 is 1.15 bits per heavy atom. The van der Waals surface area contributed by atoms with Gasteiger partial charge in [-0.3, -0.25) is 0 Å². The van der Waals surface area contributed by atoms with E-state index in [4.69, 9.17) is 16.3 Å². The van der Waals surface area contributed by atoms with E-state index in [-0.39, 0.29) is 12.1 Å². The Bertz CT molecular complexity index is 1160. The third-order valence-corrected chi connectivity index (χ3v) is 6.75. The Morgan fingerprint density at radius 3 is 2.41 bits per heavy atom. The molecule has 0 bridgehead atoms. The molecule has 1 aliphatic heterocycles. The van der Waals surface area contributed by atoms with Crippen molar-refractivity contribution >= 4 is 17.7 Å². The van der Waals surface area contributed by atoms with Crippen molar-refractivity contribution in [3.63, 3.8) is 0 Å². The Hall–Kier alpha value is -2.96. The highest BCUT2D eigenvalue weighted by Crippen LogP contribution is 2.42. The van der Waals surface area contributed by atoms with Crippen LogP contribution in [-0.4, -0.2) is 38.4 Å². The lowest BCUT2D eigenvalue weighted by Crippen LogP contribution is -2.51. The van der Waals surface area contributed by atoms with E-state index in [1.165, 1.54) is 0 Å². The van der Waals surface area contributed by atoms with Gasteiger partial charge >= 0.3 is 6.09 Å². The molecular formula is C27H30ClN3O3. The molecule has 1 fully saturated rings. The molecule has 6 nitrogen and oxygen atoms in total. The van der Waals surface area contributed by atoms with Crippen molar-refractivity contribution in [2.24, 2.45) is 0 Å². The van der Waals surface area contributed by atoms with E-state index in [1.807, 2.05) is 68.4 Å². The van der Waals surface area contributed by atoms with Gasteiger partial charge in [0, 0.05) is 24.9 Å². The fraction of sp³-hybridized carbons (Fsp3) is 0.370. The molecule has 1 aliphatic rings. The van der Waals surface area contributed by atoms with Crippen molar-refractivity contribution in [1.29, 1.82) is 0 Å².